The third-order valence-electron chi connectivity index (χ3n) is 3.71. The van der Waals surface area contributed by atoms with Crippen LogP contribution in [-0.4, -0.2) is 61.1 Å². The summed E-state index contributed by atoms with van der Waals surface area (Å²) in [6.07, 6.45) is 0.634. The standard InChI is InChI=1S/C16H22ClN3O3/c1-11(15(21)19(2)3)18-16(22)20-9-8-12(10-20)23-14-7-5-4-6-13(14)17/h4-7,11-12H,8-10H2,1-3H3,(H,18,22)/t11-,12+/m0/s1. The number of halogens is 1. The number of carbonyl (C=O) groups excluding carboxylic acids is 2. The zero-order valence-electron chi connectivity index (χ0n) is 13.6. The molecule has 1 aromatic rings. The van der Waals surface area contributed by atoms with Crippen molar-refractivity contribution < 1.29 is 14.3 Å². The van der Waals surface area contributed by atoms with Crippen LogP contribution in [0.15, 0.2) is 24.3 Å². The third-order valence-corrected chi connectivity index (χ3v) is 4.03. The number of ether oxygens (including phenoxy) is 1. The number of likely N-dealkylation sites (N-methyl/N-ethyl adjacent to an activating group) is 1. The Morgan fingerprint density at radius 3 is 2.74 bits per heavy atom. The third kappa shape index (κ3) is 4.51. The molecule has 0 unspecified atom stereocenters. The van der Waals surface area contributed by atoms with E-state index in [1.807, 2.05) is 18.2 Å². The average molecular weight is 340 g/mol. The van der Waals surface area contributed by atoms with Gasteiger partial charge in [0, 0.05) is 27.1 Å². The highest BCUT2D eigenvalue weighted by atomic mass is 35.5. The molecule has 1 fully saturated rings. The van der Waals surface area contributed by atoms with E-state index in [0.29, 0.717) is 23.9 Å². The maximum absolute atomic E-state index is 12.2. The van der Waals surface area contributed by atoms with Crippen LogP contribution < -0.4 is 10.1 Å². The molecule has 0 spiro atoms. The quantitative estimate of drug-likeness (QED) is 0.912. The van der Waals surface area contributed by atoms with Gasteiger partial charge in [0.15, 0.2) is 0 Å². The van der Waals surface area contributed by atoms with Crippen molar-refractivity contribution in [2.75, 3.05) is 27.2 Å². The minimum absolute atomic E-state index is 0.0968. The van der Waals surface area contributed by atoms with E-state index in [9.17, 15) is 9.59 Å². The fourth-order valence-corrected chi connectivity index (χ4v) is 2.63. The summed E-state index contributed by atoms with van der Waals surface area (Å²) in [5.74, 6) is 0.485. The first kappa shape index (κ1) is 17.4. The highest BCUT2D eigenvalue weighted by Crippen LogP contribution is 2.26. The Bertz CT molecular complexity index is 579. The average Bonchev–Trinajstić information content (AvgIpc) is 2.97. The van der Waals surface area contributed by atoms with Crippen LogP contribution in [0.4, 0.5) is 4.79 Å². The Hall–Kier alpha value is -1.95. The minimum Gasteiger partial charge on any atom is -0.487 e. The largest absolute Gasteiger partial charge is 0.487 e. The number of likely N-dealkylation sites (tertiary alicyclic amines) is 1. The molecule has 6 nitrogen and oxygen atoms in total. The first-order valence-electron chi connectivity index (χ1n) is 7.56. The van der Waals surface area contributed by atoms with E-state index >= 15 is 0 Å². The lowest BCUT2D eigenvalue weighted by Gasteiger charge is -2.22. The summed E-state index contributed by atoms with van der Waals surface area (Å²) in [6, 6.07) is 6.47. The Labute approximate surface area is 141 Å². The van der Waals surface area contributed by atoms with Crippen molar-refractivity contribution in [3.8, 4) is 5.75 Å². The lowest BCUT2D eigenvalue weighted by atomic mass is 10.3. The van der Waals surface area contributed by atoms with Gasteiger partial charge in [0.1, 0.15) is 17.9 Å². The summed E-state index contributed by atoms with van der Waals surface area (Å²) in [5, 5.41) is 3.27. The van der Waals surface area contributed by atoms with E-state index in [4.69, 9.17) is 16.3 Å². The number of nitrogens with zero attached hydrogens (tertiary/aromatic N) is 2. The van der Waals surface area contributed by atoms with Crippen LogP contribution in [0.25, 0.3) is 0 Å². The van der Waals surface area contributed by atoms with Gasteiger partial charge < -0.3 is 19.9 Å². The van der Waals surface area contributed by atoms with E-state index in [2.05, 4.69) is 5.32 Å². The van der Waals surface area contributed by atoms with Crippen molar-refractivity contribution in [2.45, 2.75) is 25.5 Å². The SMILES string of the molecule is C[C@H](NC(=O)N1CC[C@@H](Oc2ccccc2Cl)C1)C(=O)N(C)C. The molecule has 2 atom stereocenters. The summed E-state index contributed by atoms with van der Waals surface area (Å²) < 4.78 is 5.85. The van der Waals surface area contributed by atoms with E-state index < -0.39 is 6.04 Å². The number of benzene rings is 1. The Morgan fingerprint density at radius 1 is 1.39 bits per heavy atom. The Morgan fingerprint density at radius 2 is 2.09 bits per heavy atom. The van der Waals surface area contributed by atoms with E-state index in [0.717, 1.165) is 6.42 Å². The number of rotatable bonds is 4. The summed E-state index contributed by atoms with van der Waals surface area (Å²) in [7, 11) is 3.32. The van der Waals surface area contributed by atoms with Crippen LogP contribution >= 0.6 is 11.6 Å². The fraction of sp³-hybridized carbons (Fsp3) is 0.500. The van der Waals surface area contributed by atoms with Crippen LogP contribution in [0.2, 0.25) is 5.02 Å². The van der Waals surface area contributed by atoms with Gasteiger partial charge in [-0.3, -0.25) is 4.79 Å². The van der Waals surface area contributed by atoms with Gasteiger partial charge in [0.05, 0.1) is 11.6 Å². The van der Waals surface area contributed by atoms with E-state index in [-0.39, 0.29) is 18.0 Å². The van der Waals surface area contributed by atoms with Crippen LogP contribution in [0.5, 0.6) is 5.75 Å². The van der Waals surface area contributed by atoms with Gasteiger partial charge in [0.25, 0.3) is 0 Å². The number of carbonyl (C=O) groups is 2. The van der Waals surface area contributed by atoms with Crippen LogP contribution in [0.1, 0.15) is 13.3 Å². The molecule has 0 aromatic heterocycles. The molecular formula is C16H22ClN3O3. The number of hydrogen-bond acceptors (Lipinski definition) is 3. The van der Waals surface area contributed by atoms with Crippen LogP contribution in [-0.2, 0) is 4.79 Å². The first-order valence-corrected chi connectivity index (χ1v) is 7.94. The van der Waals surface area contributed by atoms with Crippen molar-refractivity contribution >= 4 is 23.5 Å². The molecular weight excluding hydrogens is 318 g/mol. The minimum atomic E-state index is -0.555. The summed E-state index contributed by atoms with van der Waals surface area (Å²) in [4.78, 5) is 27.1. The van der Waals surface area contributed by atoms with Crippen molar-refractivity contribution in [2.24, 2.45) is 0 Å². The van der Waals surface area contributed by atoms with Gasteiger partial charge in [-0.1, -0.05) is 23.7 Å². The number of urea groups is 1. The lowest BCUT2D eigenvalue weighted by molar-refractivity contribution is -0.130. The molecule has 1 heterocycles. The van der Waals surface area contributed by atoms with Gasteiger partial charge in [-0.15, -0.1) is 0 Å². The summed E-state index contributed by atoms with van der Waals surface area (Å²) in [6.45, 7) is 2.73. The van der Waals surface area contributed by atoms with Gasteiger partial charge in [-0.05, 0) is 19.1 Å². The summed E-state index contributed by atoms with van der Waals surface area (Å²) >= 11 is 6.07. The molecule has 1 aliphatic heterocycles. The second kappa shape index (κ2) is 7.55. The molecule has 0 aliphatic carbocycles. The van der Waals surface area contributed by atoms with Crippen LogP contribution in [0, 0.1) is 0 Å². The number of para-hydroxylation sites is 1. The molecule has 2 rings (SSSR count). The monoisotopic (exact) mass is 339 g/mol. The van der Waals surface area contributed by atoms with Gasteiger partial charge in [0.2, 0.25) is 5.91 Å². The second-order valence-corrected chi connectivity index (χ2v) is 6.22. The number of amides is 3. The topological polar surface area (TPSA) is 61.9 Å². The zero-order chi connectivity index (χ0) is 17.0. The first-order chi connectivity index (χ1) is 10.9. The molecule has 1 saturated heterocycles. The maximum atomic E-state index is 12.2. The maximum Gasteiger partial charge on any atom is 0.318 e. The van der Waals surface area contributed by atoms with Crippen molar-refractivity contribution in [3.63, 3.8) is 0 Å². The predicted molar refractivity (Wildman–Crippen MR) is 88.7 cm³/mol. The van der Waals surface area contributed by atoms with Gasteiger partial charge >= 0.3 is 6.03 Å². The normalized spacial score (nSPS) is 18.4. The summed E-state index contributed by atoms with van der Waals surface area (Å²) in [5.41, 5.74) is 0. The molecule has 7 heteroatoms. The molecule has 126 valence electrons. The molecule has 1 aromatic carbocycles. The lowest BCUT2D eigenvalue weighted by Crippen LogP contribution is -2.49. The van der Waals surface area contributed by atoms with E-state index in [1.54, 1.807) is 32.0 Å². The van der Waals surface area contributed by atoms with Crippen molar-refractivity contribution in [1.82, 2.24) is 15.1 Å². The molecule has 0 saturated carbocycles. The molecule has 1 N–H and O–H groups in total. The highest BCUT2D eigenvalue weighted by Gasteiger charge is 2.29. The highest BCUT2D eigenvalue weighted by molar-refractivity contribution is 6.32. The predicted octanol–water partition coefficient (Wildman–Crippen LogP) is 1.98. The van der Waals surface area contributed by atoms with Crippen LogP contribution in [0.3, 0.4) is 0 Å². The fourth-order valence-electron chi connectivity index (χ4n) is 2.45. The molecule has 0 bridgehead atoms. The molecule has 1 aliphatic rings. The van der Waals surface area contributed by atoms with Crippen molar-refractivity contribution in [3.05, 3.63) is 29.3 Å². The second-order valence-electron chi connectivity index (χ2n) is 5.81. The Balaban J connectivity index is 1.86. The number of nitrogens with one attached hydrogen (secondary N) is 1. The molecule has 3 amide bonds. The Kier molecular flexibility index (Phi) is 5.71. The van der Waals surface area contributed by atoms with E-state index in [1.165, 1.54) is 4.90 Å². The molecule has 0 radical (unpaired) electrons. The van der Waals surface area contributed by atoms with Gasteiger partial charge in [-0.2, -0.15) is 0 Å². The smallest absolute Gasteiger partial charge is 0.318 e. The zero-order valence-corrected chi connectivity index (χ0v) is 14.3. The molecule has 23 heavy (non-hydrogen) atoms. The number of hydrogen-bond donors (Lipinski definition) is 1. The van der Waals surface area contributed by atoms with Crippen molar-refractivity contribution in [1.29, 1.82) is 0 Å². The van der Waals surface area contributed by atoms with Gasteiger partial charge in [-0.25, -0.2) is 4.79 Å².